The van der Waals surface area contributed by atoms with Crippen molar-refractivity contribution in [1.29, 1.82) is 0 Å². The summed E-state index contributed by atoms with van der Waals surface area (Å²) in [6.45, 7) is 1.87. The number of carbonyl (C=O) groups is 1. The van der Waals surface area contributed by atoms with Crippen molar-refractivity contribution < 1.29 is 4.79 Å². The Balaban J connectivity index is 1.56. The topological polar surface area (TPSA) is 41.5 Å². The fraction of sp³-hybridized carbons (Fsp3) is 0.0909. The molecule has 0 aliphatic carbocycles. The van der Waals surface area contributed by atoms with Crippen LogP contribution in [0.2, 0.25) is 5.02 Å². The minimum Gasteiger partial charge on any atom is -0.267 e. The molecule has 0 atom stereocenters. The highest BCUT2D eigenvalue weighted by Crippen LogP contribution is 2.24. The summed E-state index contributed by atoms with van der Waals surface area (Å²) in [5.74, 6) is 0.608. The van der Waals surface area contributed by atoms with E-state index in [0.29, 0.717) is 5.56 Å². The average Bonchev–Trinajstić information content (AvgIpc) is 2.72. The smallest absolute Gasteiger partial charge is 0.267 e. The summed E-state index contributed by atoms with van der Waals surface area (Å²) in [6, 6.07) is 25.1. The van der Waals surface area contributed by atoms with Gasteiger partial charge in [0.1, 0.15) is 0 Å². The number of carbonyl (C=O) groups excluding carboxylic acids is 1. The number of hydrogen-bond acceptors (Lipinski definition) is 3. The molecule has 3 rings (SSSR count). The van der Waals surface area contributed by atoms with Crippen LogP contribution in [0.15, 0.2) is 88.9 Å². The second-order valence-electron chi connectivity index (χ2n) is 5.94. The van der Waals surface area contributed by atoms with Gasteiger partial charge in [0.05, 0.1) is 5.71 Å². The molecule has 1 amide bonds. The molecule has 27 heavy (non-hydrogen) atoms. The molecule has 3 aromatic rings. The molecule has 0 spiro atoms. The van der Waals surface area contributed by atoms with Crippen molar-refractivity contribution in [1.82, 2.24) is 5.43 Å². The van der Waals surface area contributed by atoms with Crippen LogP contribution in [-0.2, 0) is 5.75 Å². The van der Waals surface area contributed by atoms with Crippen LogP contribution < -0.4 is 5.43 Å². The Kier molecular flexibility index (Phi) is 6.69. The highest BCUT2D eigenvalue weighted by atomic mass is 35.5. The van der Waals surface area contributed by atoms with Crippen LogP contribution in [0.4, 0.5) is 0 Å². The van der Waals surface area contributed by atoms with E-state index >= 15 is 0 Å². The van der Waals surface area contributed by atoms with Crippen molar-refractivity contribution in [3.63, 3.8) is 0 Å². The van der Waals surface area contributed by atoms with Crippen molar-refractivity contribution in [2.24, 2.45) is 5.10 Å². The number of thioether (sulfide) groups is 1. The monoisotopic (exact) mass is 394 g/mol. The van der Waals surface area contributed by atoms with E-state index in [-0.39, 0.29) is 5.91 Å². The molecule has 0 unspecified atom stereocenters. The number of hydrazone groups is 1. The predicted molar refractivity (Wildman–Crippen MR) is 114 cm³/mol. The van der Waals surface area contributed by atoms with Gasteiger partial charge in [-0.2, -0.15) is 5.10 Å². The van der Waals surface area contributed by atoms with E-state index in [0.717, 1.165) is 32.5 Å². The van der Waals surface area contributed by atoms with E-state index in [2.05, 4.69) is 10.5 Å². The minimum atomic E-state index is -0.220. The zero-order chi connectivity index (χ0) is 19.1. The first-order valence-electron chi connectivity index (χ1n) is 8.49. The maximum atomic E-state index is 12.3. The van der Waals surface area contributed by atoms with Gasteiger partial charge in [-0.15, -0.1) is 11.8 Å². The normalized spacial score (nSPS) is 11.3. The summed E-state index contributed by atoms with van der Waals surface area (Å²) in [6.07, 6.45) is 0. The van der Waals surface area contributed by atoms with Crippen LogP contribution in [0.3, 0.4) is 0 Å². The first kappa shape index (κ1) is 19.2. The number of rotatable bonds is 6. The van der Waals surface area contributed by atoms with Crippen molar-refractivity contribution in [3.8, 4) is 0 Å². The van der Waals surface area contributed by atoms with Gasteiger partial charge in [0.2, 0.25) is 0 Å². The second kappa shape index (κ2) is 9.40. The molecule has 0 saturated heterocycles. The van der Waals surface area contributed by atoms with E-state index in [9.17, 15) is 4.79 Å². The molecule has 3 nitrogen and oxygen atoms in total. The first-order chi connectivity index (χ1) is 13.1. The Bertz CT molecular complexity index is 923. The highest BCUT2D eigenvalue weighted by Gasteiger charge is 2.05. The maximum Gasteiger partial charge on any atom is 0.271 e. The molecule has 1 N–H and O–H groups in total. The summed E-state index contributed by atoms with van der Waals surface area (Å²) in [7, 11) is 0. The molecule has 0 bridgehead atoms. The molecule has 3 aromatic carbocycles. The van der Waals surface area contributed by atoms with Gasteiger partial charge in [-0.3, -0.25) is 4.79 Å². The Morgan fingerprint density at radius 3 is 2.26 bits per heavy atom. The summed E-state index contributed by atoms with van der Waals surface area (Å²) in [4.78, 5) is 13.4. The molecular formula is C22H19ClN2OS. The lowest BCUT2D eigenvalue weighted by atomic mass is 10.1. The van der Waals surface area contributed by atoms with Gasteiger partial charge in [-0.25, -0.2) is 5.43 Å². The van der Waals surface area contributed by atoms with Crippen LogP contribution in [-0.4, -0.2) is 11.6 Å². The zero-order valence-corrected chi connectivity index (χ0v) is 16.4. The second-order valence-corrected chi connectivity index (χ2v) is 7.43. The van der Waals surface area contributed by atoms with E-state index in [1.54, 1.807) is 11.8 Å². The molecule has 0 saturated carbocycles. The van der Waals surface area contributed by atoms with Crippen LogP contribution >= 0.6 is 23.4 Å². The molecule has 5 heteroatoms. The highest BCUT2D eigenvalue weighted by molar-refractivity contribution is 7.98. The standard InChI is InChI=1S/C22H19ClN2OS/c1-16(18-5-3-2-4-6-18)24-25-22(26)19-9-7-17(8-10-19)15-27-21-13-11-20(23)12-14-21/h2-14H,15H2,1H3,(H,25,26). The van der Waals surface area contributed by atoms with Gasteiger partial charge >= 0.3 is 0 Å². The van der Waals surface area contributed by atoms with Gasteiger partial charge in [0, 0.05) is 21.2 Å². The number of nitrogens with zero attached hydrogens (tertiary/aromatic N) is 1. The van der Waals surface area contributed by atoms with Crippen LogP contribution in [0, 0.1) is 0 Å². The predicted octanol–water partition coefficient (Wildman–Crippen LogP) is 5.79. The number of benzene rings is 3. The molecule has 0 radical (unpaired) electrons. The fourth-order valence-corrected chi connectivity index (χ4v) is 3.37. The summed E-state index contributed by atoms with van der Waals surface area (Å²) in [5.41, 5.74) is 6.09. The lowest BCUT2D eigenvalue weighted by Gasteiger charge is -2.05. The van der Waals surface area contributed by atoms with Gasteiger partial charge in [-0.1, -0.05) is 54.1 Å². The zero-order valence-electron chi connectivity index (χ0n) is 14.9. The Labute approximate surface area is 168 Å². The molecule has 0 aliphatic heterocycles. The van der Waals surface area contributed by atoms with Crippen molar-refractivity contribution in [3.05, 3.63) is 101 Å². The minimum absolute atomic E-state index is 0.220. The van der Waals surface area contributed by atoms with Crippen LogP contribution in [0.1, 0.15) is 28.4 Å². The first-order valence-corrected chi connectivity index (χ1v) is 9.85. The summed E-state index contributed by atoms with van der Waals surface area (Å²) < 4.78 is 0. The Hall–Kier alpha value is -2.56. The van der Waals surface area contributed by atoms with E-state index in [4.69, 9.17) is 11.6 Å². The van der Waals surface area contributed by atoms with Gasteiger partial charge in [-0.05, 0) is 54.4 Å². The van der Waals surface area contributed by atoms with E-state index < -0.39 is 0 Å². The average molecular weight is 395 g/mol. The number of nitrogens with one attached hydrogen (secondary N) is 1. The molecule has 0 fully saturated rings. The molecule has 0 aromatic heterocycles. The molecular weight excluding hydrogens is 376 g/mol. The van der Waals surface area contributed by atoms with Crippen LogP contribution in [0.25, 0.3) is 0 Å². The van der Waals surface area contributed by atoms with Gasteiger partial charge < -0.3 is 0 Å². The van der Waals surface area contributed by atoms with Crippen molar-refractivity contribution >= 4 is 35.0 Å². The van der Waals surface area contributed by atoms with Crippen molar-refractivity contribution in [2.75, 3.05) is 0 Å². The lowest BCUT2D eigenvalue weighted by molar-refractivity contribution is 0.0955. The Morgan fingerprint density at radius 2 is 1.59 bits per heavy atom. The third-order valence-corrected chi connectivity index (χ3v) is 5.29. The molecule has 0 heterocycles. The number of amides is 1. The quantitative estimate of drug-likeness (QED) is 0.327. The fourth-order valence-electron chi connectivity index (χ4n) is 2.39. The van der Waals surface area contributed by atoms with Crippen molar-refractivity contribution in [2.45, 2.75) is 17.6 Å². The summed E-state index contributed by atoms with van der Waals surface area (Å²) >= 11 is 7.63. The van der Waals surface area contributed by atoms with Crippen LogP contribution in [0.5, 0.6) is 0 Å². The third kappa shape index (κ3) is 5.71. The van der Waals surface area contributed by atoms with E-state index in [1.165, 1.54) is 0 Å². The summed E-state index contributed by atoms with van der Waals surface area (Å²) in [5, 5.41) is 4.91. The largest absolute Gasteiger partial charge is 0.271 e. The van der Waals surface area contributed by atoms with Gasteiger partial charge in [0.15, 0.2) is 0 Å². The lowest BCUT2D eigenvalue weighted by Crippen LogP contribution is -2.19. The van der Waals surface area contributed by atoms with Gasteiger partial charge in [0.25, 0.3) is 5.91 Å². The number of halogens is 1. The third-order valence-electron chi connectivity index (χ3n) is 3.95. The SMILES string of the molecule is CC(=NNC(=O)c1ccc(CSc2ccc(Cl)cc2)cc1)c1ccccc1. The molecule has 136 valence electrons. The molecule has 0 aliphatic rings. The Morgan fingerprint density at radius 1 is 0.926 bits per heavy atom. The maximum absolute atomic E-state index is 12.3. The number of hydrogen-bond donors (Lipinski definition) is 1. The van der Waals surface area contributed by atoms with E-state index in [1.807, 2.05) is 85.8 Å².